The third-order valence-electron chi connectivity index (χ3n) is 4.09. The van der Waals surface area contributed by atoms with E-state index in [0.29, 0.717) is 28.7 Å². The van der Waals surface area contributed by atoms with Crippen LogP contribution in [0, 0.1) is 0 Å². The molecule has 1 aliphatic heterocycles. The van der Waals surface area contributed by atoms with Gasteiger partial charge in [0.2, 0.25) is 0 Å². The van der Waals surface area contributed by atoms with Crippen molar-refractivity contribution in [1.29, 1.82) is 0 Å². The van der Waals surface area contributed by atoms with Gasteiger partial charge in [0.25, 0.3) is 5.79 Å². The van der Waals surface area contributed by atoms with Gasteiger partial charge in [-0.3, -0.25) is 0 Å². The quantitative estimate of drug-likeness (QED) is 0.342. The van der Waals surface area contributed by atoms with Crippen molar-refractivity contribution in [3.05, 3.63) is 63.1 Å². The maximum atomic E-state index is 12.2. The largest absolute Gasteiger partial charge is 0.490 e. The average molecular weight is 451 g/mol. The minimum Gasteiger partial charge on any atom is -0.490 e. The lowest BCUT2D eigenvalue weighted by Gasteiger charge is -2.29. The average Bonchev–Trinajstić information content (AvgIpc) is 2.65. The Morgan fingerprint density at radius 1 is 1.00 bits per heavy atom. The molecule has 0 spiro atoms. The normalized spacial score (nSPS) is 15.3. The van der Waals surface area contributed by atoms with Crippen molar-refractivity contribution in [2.24, 2.45) is 0 Å². The van der Waals surface area contributed by atoms with E-state index in [4.69, 9.17) is 42.1 Å². The summed E-state index contributed by atoms with van der Waals surface area (Å²) in [5.41, 5.74) is 1.01. The highest BCUT2D eigenvalue weighted by atomic mass is 35.5. The van der Waals surface area contributed by atoms with E-state index in [0.717, 1.165) is 5.56 Å². The smallest absolute Gasteiger partial charge is 0.348 e. The van der Waals surface area contributed by atoms with E-state index in [9.17, 15) is 9.59 Å². The van der Waals surface area contributed by atoms with Crippen molar-refractivity contribution < 1.29 is 28.5 Å². The molecule has 1 heterocycles. The van der Waals surface area contributed by atoms with E-state index in [1.54, 1.807) is 18.2 Å². The molecule has 0 aliphatic carbocycles. The van der Waals surface area contributed by atoms with Crippen LogP contribution in [-0.4, -0.2) is 24.3 Å². The number of hydrogen-bond acceptors (Lipinski definition) is 6. The monoisotopic (exact) mass is 450 g/mol. The number of hydrogen-bond donors (Lipinski definition) is 0. The minimum absolute atomic E-state index is 0.188. The molecule has 3 rings (SSSR count). The van der Waals surface area contributed by atoms with Gasteiger partial charge in [-0.1, -0.05) is 41.4 Å². The molecule has 0 bridgehead atoms. The van der Waals surface area contributed by atoms with Gasteiger partial charge in [-0.25, -0.2) is 9.59 Å². The lowest BCUT2D eigenvalue weighted by molar-refractivity contribution is -0.222. The zero-order valence-corrected chi connectivity index (χ0v) is 18.2. The zero-order chi connectivity index (χ0) is 21.9. The number of carbonyl (C=O) groups is 2. The van der Waals surface area contributed by atoms with E-state index < -0.39 is 17.7 Å². The van der Waals surface area contributed by atoms with Gasteiger partial charge in [0.05, 0.1) is 11.6 Å². The fourth-order valence-electron chi connectivity index (χ4n) is 2.78. The minimum atomic E-state index is -1.31. The van der Waals surface area contributed by atoms with Crippen molar-refractivity contribution in [3.63, 3.8) is 0 Å². The zero-order valence-electron chi connectivity index (χ0n) is 16.7. The molecule has 1 fully saturated rings. The topological polar surface area (TPSA) is 71.1 Å². The first-order valence-corrected chi connectivity index (χ1v) is 9.96. The number of esters is 2. The van der Waals surface area contributed by atoms with Gasteiger partial charge in [-0.15, -0.1) is 0 Å². The molecule has 2 aromatic rings. The molecular weight excluding hydrogens is 431 g/mol. The second kappa shape index (κ2) is 8.98. The van der Waals surface area contributed by atoms with E-state index >= 15 is 0 Å². The number of ether oxygens (including phenoxy) is 4. The Hall–Kier alpha value is -2.70. The van der Waals surface area contributed by atoms with E-state index in [2.05, 4.69) is 0 Å². The summed E-state index contributed by atoms with van der Waals surface area (Å²) in [5, 5.41) is 0.822. The summed E-state index contributed by atoms with van der Waals surface area (Å²) in [7, 11) is 0. The van der Waals surface area contributed by atoms with Gasteiger partial charge < -0.3 is 18.9 Å². The summed E-state index contributed by atoms with van der Waals surface area (Å²) >= 11 is 12.6. The number of benzene rings is 2. The molecule has 0 radical (unpaired) electrons. The van der Waals surface area contributed by atoms with Crippen LogP contribution in [-0.2, 0) is 25.7 Å². The summed E-state index contributed by atoms with van der Waals surface area (Å²) in [5.74, 6) is -2.16. The SMILES string of the molecule is CCOc1cc(C=C2C(=O)OC(C)(C)OC2=O)cc(Cl)c1OCc1ccccc1Cl. The highest BCUT2D eigenvalue weighted by Gasteiger charge is 2.38. The number of cyclic esters (lactones) is 2. The van der Waals surface area contributed by atoms with E-state index in [1.807, 2.05) is 25.1 Å². The summed E-state index contributed by atoms with van der Waals surface area (Å²) in [4.78, 5) is 24.4. The lowest BCUT2D eigenvalue weighted by atomic mass is 10.1. The first-order valence-electron chi connectivity index (χ1n) is 9.21. The van der Waals surface area contributed by atoms with Crippen molar-refractivity contribution in [3.8, 4) is 11.5 Å². The summed E-state index contributed by atoms with van der Waals surface area (Å²) < 4.78 is 21.7. The van der Waals surface area contributed by atoms with Gasteiger partial charge in [0.1, 0.15) is 12.2 Å². The maximum absolute atomic E-state index is 12.2. The van der Waals surface area contributed by atoms with Crippen LogP contribution < -0.4 is 9.47 Å². The summed E-state index contributed by atoms with van der Waals surface area (Å²) in [6, 6.07) is 10.5. The van der Waals surface area contributed by atoms with Crippen LogP contribution in [0.1, 0.15) is 31.9 Å². The van der Waals surface area contributed by atoms with Crippen LogP contribution in [0.15, 0.2) is 42.0 Å². The number of carbonyl (C=O) groups excluding carboxylic acids is 2. The second-order valence-electron chi connectivity index (χ2n) is 6.88. The van der Waals surface area contributed by atoms with E-state index in [1.165, 1.54) is 19.9 Å². The van der Waals surface area contributed by atoms with Crippen molar-refractivity contribution in [1.82, 2.24) is 0 Å². The highest BCUT2D eigenvalue weighted by Crippen LogP contribution is 2.38. The molecular formula is C22H20Cl2O6. The summed E-state index contributed by atoms with van der Waals surface area (Å²) in [6.07, 6.45) is 1.34. The first kappa shape index (κ1) is 22.0. The van der Waals surface area contributed by atoms with Gasteiger partial charge in [0, 0.05) is 24.4 Å². The predicted molar refractivity (Wildman–Crippen MR) is 113 cm³/mol. The maximum Gasteiger partial charge on any atom is 0.348 e. The Morgan fingerprint density at radius 2 is 1.67 bits per heavy atom. The van der Waals surface area contributed by atoms with Crippen LogP contribution in [0.5, 0.6) is 11.5 Å². The third-order valence-corrected chi connectivity index (χ3v) is 4.74. The molecule has 0 N–H and O–H groups in total. The van der Waals surface area contributed by atoms with Crippen LogP contribution in [0.2, 0.25) is 10.0 Å². The predicted octanol–water partition coefficient (Wildman–Crippen LogP) is 5.19. The molecule has 0 aromatic heterocycles. The standard InChI is InChI=1S/C22H20Cl2O6/c1-4-27-18-11-13(9-15-20(25)29-22(2,3)30-21(15)26)10-17(24)19(18)28-12-14-7-5-6-8-16(14)23/h5-11H,4,12H2,1-3H3. The fourth-order valence-corrected chi connectivity index (χ4v) is 3.25. The van der Waals surface area contributed by atoms with Crippen molar-refractivity contribution >= 4 is 41.2 Å². The molecule has 1 saturated heterocycles. The first-order chi connectivity index (χ1) is 14.2. The van der Waals surface area contributed by atoms with Gasteiger partial charge >= 0.3 is 11.9 Å². The van der Waals surface area contributed by atoms with E-state index in [-0.39, 0.29) is 17.2 Å². The molecule has 0 atom stereocenters. The molecule has 0 amide bonds. The van der Waals surface area contributed by atoms with Crippen molar-refractivity contribution in [2.75, 3.05) is 6.61 Å². The third kappa shape index (κ3) is 5.07. The Labute approximate surface area is 184 Å². The number of halogens is 2. The van der Waals surface area contributed by atoms with Gasteiger partial charge in [-0.2, -0.15) is 0 Å². The van der Waals surface area contributed by atoms with Crippen LogP contribution >= 0.6 is 23.2 Å². The highest BCUT2D eigenvalue weighted by molar-refractivity contribution is 6.32. The van der Waals surface area contributed by atoms with Gasteiger partial charge in [0.15, 0.2) is 11.5 Å². The second-order valence-corrected chi connectivity index (χ2v) is 7.69. The Morgan fingerprint density at radius 3 is 2.30 bits per heavy atom. The van der Waals surface area contributed by atoms with Crippen LogP contribution in [0.4, 0.5) is 0 Å². The van der Waals surface area contributed by atoms with Crippen molar-refractivity contribution in [2.45, 2.75) is 33.2 Å². The molecule has 6 nitrogen and oxygen atoms in total. The van der Waals surface area contributed by atoms with Crippen LogP contribution in [0.3, 0.4) is 0 Å². The lowest BCUT2D eigenvalue weighted by Crippen LogP contribution is -2.41. The van der Waals surface area contributed by atoms with Gasteiger partial charge in [-0.05, 0) is 36.8 Å². The molecule has 0 saturated carbocycles. The molecule has 158 valence electrons. The molecule has 1 aliphatic rings. The molecule has 0 unspecified atom stereocenters. The Balaban J connectivity index is 1.90. The Kier molecular flexibility index (Phi) is 6.58. The molecule has 30 heavy (non-hydrogen) atoms. The fraction of sp³-hybridized carbons (Fsp3) is 0.273. The van der Waals surface area contributed by atoms with Crippen LogP contribution in [0.25, 0.3) is 6.08 Å². The summed E-state index contributed by atoms with van der Waals surface area (Å²) in [6.45, 7) is 5.32. The Bertz CT molecular complexity index is 991. The molecule has 2 aromatic carbocycles. The number of rotatable bonds is 6. The molecule has 8 heteroatoms.